The molecule has 1 aliphatic rings. The summed E-state index contributed by atoms with van der Waals surface area (Å²) >= 11 is 0. The molecule has 3 rings (SSSR count). The number of ether oxygens (including phenoxy) is 1. The van der Waals surface area contributed by atoms with E-state index in [1.54, 1.807) is 0 Å². The number of hydrogen-bond acceptors (Lipinski definition) is 3. The highest BCUT2D eigenvalue weighted by Gasteiger charge is 2.39. The van der Waals surface area contributed by atoms with E-state index < -0.39 is 11.9 Å². The van der Waals surface area contributed by atoms with Crippen molar-refractivity contribution >= 4 is 5.91 Å². The third-order valence-electron chi connectivity index (χ3n) is 4.68. The summed E-state index contributed by atoms with van der Waals surface area (Å²) in [5, 5.41) is 6.53. The Balaban J connectivity index is 1.73. The van der Waals surface area contributed by atoms with Crippen LogP contribution >= 0.6 is 0 Å². The lowest BCUT2D eigenvalue weighted by molar-refractivity contribution is -0.142. The molecule has 1 aromatic heterocycles. The largest absolute Gasteiger partial charge is 0.435 e. The summed E-state index contributed by atoms with van der Waals surface area (Å²) in [6.45, 7) is 6.35. The number of nitrogens with one attached hydrogen (secondary N) is 1. The van der Waals surface area contributed by atoms with E-state index in [9.17, 15) is 18.0 Å². The molecule has 0 aliphatic carbocycles. The van der Waals surface area contributed by atoms with E-state index in [0.29, 0.717) is 24.3 Å². The van der Waals surface area contributed by atoms with Crippen molar-refractivity contribution < 1.29 is 22.7 Å². The molecule has 146 valence electrons. The molecule has 5 nitrogen and oxygen atoms in total. The topological polar surface area (TPSA) is 56.2 Å². The number of aryl methyl sites for hydroxylation is 3. The summed E-state index contributed by atoms with van der Waals surface area (Å²) < 4.78 is 46.0. The zero-order chi connectivity index (χ0) is 19.8. The average molecular weight is 381 g/mol. The zero-order valence-electron chi connectivity index (χ0n) is 15.5. The minimum Gasteiger partial charge on any atom is -0.376 e. The highest BCUT2D eigenvalue weighted by molar-refractivity contribution is 5.97. The third kappa shape index (κ3) is 4.00. The fraction of sp³-hybridized carbons (Fsp3) is 0.474. The van der Waals surface area contributed by atoms with Crippen LogP contribution in [0.2, 0.25) is 0 Å². The first-order valence-electron chi connectivity index (χ1n) is 8.78. The Hall–Kier alpha value is -2.35. The van der Waals surface area contributed by atoms with E-state index in [-0.39, 0.29) is 31.2 Å². The lowest BCUT2D eigenvalue weighted by Gasteiger charge is -2.16. The van der Waals surface area contributed by atoms with Gasteiger partial charge in [-0.3, -0.25) is 9.48 Å². The number of nitrogens with zero attached hydrogens (tertiary/aromatic N) is 2. The van der Waals surface area contributed by atoms with Gasteiger partial charge < -0.3 is 10.1 Å². The van der Waals surface area contributed by atoms with Gasteiger partial charge in [0.15, 0.2) is 5.69 Å². The number of amides is 1. The molecule has 0 fully saturated rings. The molecule has 0 spiro atoms. The van der Waals surface area contributed by atoms with Crippen molar-refractivity contribution in [2.45, 2.75) is 46.5 Å². The molecule has 0 radical (unpaired) electrons. The summed E-state index contributed by atoms with van der Waals surface area (Å²) in [4.78, 5) is 12.5. The lowest BCUT2D eigenvalue weighted by atomic mass is 9.99. The van der Waals surface area contributed by atoms with Crippen molar-refractivity contribution in [1.82, 2.24) is 15.1 Å². The first-order chi connectivity index (χ1) is 12.7. The van der Waals surface area contributed by atoms with Crippen molar-refractivity contribution in [1.29, 1.82) is 0 Å². The number of hydrogen-bond donors (Lipinski definition) is 1. The predicted octanol–water partition coefficient (Wildman–Crippen LogP) is 3.33. The molecule has 1 aliphatic heterocycles. The highest BCUT2D eigenvalue weighted by atomic mass is 19.4. The Kier molecular flexibility index (Phi) is 5.28. The Morgan fingerprint density at radius 1 is 1.26 bits per heavy atom. The van der Waals surface area contributed by atoms with E-state index in [1.807, 2.05) is 32.9 Å². The molecule has 2 aromatic rings. The first kappa shape index (κ1) is 19.4. The van der Waals surface area contributed by atoms with Gasteiger partial charge in [-0.25, -0.2) is 0 Å². The Bertz CT molecular complexity index is 849. The summed E-state index contributed by atoms with van der Waals surface area (Å²) in [5.74, 6) is -0.231. The molecule has 1 aromatic carbocycles. The Labute approximate surface area is 155 Å². The van der Waals surface area contributed by atoms with Crippen LogP contribution < -0.4 is 5.32 Å². The summed E-state index contributed by atoms with van der Waals surface area (Å²) in [6.07, 6.45) is -4.14. The summed E-state index contributed by atoms with van der Waals surface area (Å²) in [5.41, 5.74) is 3.17. The second-order valence-electron chi connectivity index (χ2n) is 6.83. The fourth-order valence-corrected chi connectivity index (χ4v) is 3.62. The zero-order valence-corrected chi connectivity index (χ0v) is 15.5. The van der Waals surface area contributed by atoms with Crippen molar-refractivity contribution in [3.8, 4) is 0 Å². The number of rotatable bonds is 4. The van der Waals surface area contributed by atoms with Gasteiger partial charge in [-0.2, -0.15) is 18.3 Å². The van der Waals surface area contributed by atoms with Crippen molar-refractivity contribution in [2.24, 2.45) is 0 Å². The molecule has 0 saturated carbocycles. The fourth-order valence-electron chi connectivity index (χ4n) is 3.62. The van der Waals surface area contributed by atoms with Crippen LogP contribution in [-0.4, -0.2) is 28.8 Å². The van der Waals surface area contributed by atoms with Crippen LogP contribution in [0.25, 0.3) is 0 Å². The van der Waals surface area contributed by atoms with Gasteiger partial charge in [0.25, 0.3) is 5.91 Å². The number of carbonyl (C=O) groups excluding carboxylic acids is 1. The Morgan fingerprint density at radius 2 is 1.93 bits per heavy atom. The smallest absolute Gasteiger partial charge is 0.376 e. The van der Waals surface area contributed by atoms with E-state index in [0.717, 1.165) is 16.7 Å². The van der Waals surface area contributed by atoms with Crippen molar-refractivity contribution in [2.75, 3.05) is 13.2 Å². The van der Waals surface area contributed by atoms with Gasteiger partial charge in [0.2, 0.25) is 0 Å². The third-order valence-corrected chi connectivity index (χ3v) is 4.68. The highest BCUT2D eigenvalue weighted by Crippen LogP contribution is 2.34. The van der Waals surface area contributed by atoms with Crippen molar-refractivity contribution in [3.05, 3.63) is 51.3 Å². The van der Waals surface area contributed by atoms with E-state index in [1.165, 1.54) is 4.68 Å². The van der Waals surface area contributed by atoms with Gasteiger partial charge in [0.05, 0.1) is 19.8 Å². The monoisotopic (exact) mass is 381 g/mol. The van der Waals surface area contributed by atoms with Crippen LogP contribution in [0, 0.1) is 20.8 Å². The van der Waals surface area contributed by atoms with Gasteiger partial charge in [0.1, 0.15) is 0 Å². The van der Waals surface area contributed by atoms with Crippen LogP contribution in [0.5, 0.6) is 0 Å². The minimum atomic E-state index is -4.52. The van der Waals surface area contributed by atoms with Crippen molar-refractivity contribution in [3.63, 3.8) is 0 Å². The second-order valence-corrected chi connectivity index (χ2v) is 6.83. The number of aromatic nitrogens is 2. The van der Waals surface area contributed by atoms with Crippen LogP contribution in [0.3, 0.4) is 0 Å². The number of benzene rings is 1. The molecule has 27 heavy (non-hydrogen) atoms. The minimum absolute atomic E-state index is 0.0850. The predicted molar refractivity (Wildman–Crippen MR) is 93.6 cm³/mol. The standard InChI is InChI=1S/C19H22F3N3O2/c1-11-8-12(2)16(13(3)9-11)18(26)23-5-6-25-15-4-7-27-10-14(15)17(24-25)19(20,21)22/h8-9H,4-7,10H2,1-3H3,(H,23,26). The first-order valence-corrected chi connectivity index (χ1v) is 8.78. The number of halogens is 3. The van der Waals surface area contributed by atoms with Gasteiger partial charge >= 0.3 is 6.18 Å². The molecular formula is C19H22F3N3O2. The van der Waals surface area contributed by atoms with Gasteiger partial charge in [-0.15, -0.1) is 0 Å². The van der Waals surface area contributed by atoms with E-state index in [4.69, 9.17) is 4.74 Å². The SMILES string of the molecule is Cc1cc(C)c(C(=O)NCCn2nc(C(F)(F)F)c3c2CCOC3)c(C)c1. The quantitative estimate of drug-likeness (QED) is 0.884. The summed E-state index contributed by atoms with van der Waals surface area (Å²) in [6, 6.07) is 3.86. The van der Waals surface area contributed by atoms with Crippen LogP contribution in [0.15, 0.2) is 12.1 Å². The molecule has 0 unspecified atom stereocenters. The van der Waals surface area contributed by atoms with Gasteiger partial charge in [-0.05, 0) is 31.9 Å². The molecule has 1 N–H and O–H groups in total. The van der Waals surface area contributed by atoms with Crippen LogP contribution in [0.4, 0.5) is 13.2 Å². The summed E-state index contributed by atoms with van der Waals surface area (Å²) in [7, 11) is 0. The lowest BCUT2D eigenvalue weighted by Crippen LogP contribution is -2.29. The molecule has 2 heterocycles. The molecule has 0 atom stereocenters. The normalized spacial score (nSPS) is 14.1. The molecule has 8 heteroatoms. The second kappa shape index (κ2) is 7.34. The maximum atomic E-state index is 13.2. The van der Waals surface area contributed by atoms with E-state index in [2.05, 4.69) is 10.4 Å². The van der Waals surface area contributed by atoms with Gasteiger partial charge in [-0.1, -0.05) is 17.7 Å². The number of fused-ring (bicyclic) bond motifs is 1. The number of alkyl halides is 3. The maximum absolute atomic E-state index is 13.2. The average Bonchev–Trinajstić information content (AvgIpc) is 2.93. The van der Waals surface area contributed by atoms with E-state index >= 15 is 0 Å². The van der Waals surface area contributed by atoms with Crippen LogP contribution in [0.1, 0.15) is 44.0 Å². The molecule has 1 amide bonds. The maximum Gasteiger partial charge on any atom is 0.435 e. The molecule has 0 bridgehead atoms. The van der Waals surface area contributed by atoms with Crippen LogP contribution in [-0.2, 0) is 30.5 Å². The molecule has 0 saturated heterocycles. The molecular weight excluding hydrogens is 359 g/mol. The van der Waals surface area contributed by atoms with Gasteiger partial charge in [0, 0.05) is 29.8 Å². The number of carbonyl (C=O) groups is 1. The Morgan fingerprint density at radius 3 is 2.56 bits per heavy atom.